The number of hydrogen-bond donors (Lipinski definition) is 1. The van der Waals surface area contributed by atoms with E-state index in [2.05, 4.69) is 31.1 Å². The van der Waals surface area contributed by atoms with Crippen molar-refractivity contribution in [3.05, 3.63) is 52.2 Å². The van der Waals surface area contributed by atoms with E-state index in [4.69, 9.17) is 10.3 Å². The molecular formula is C14H13BrN4O. The van der Waals surface area contributed by atoms with E-state index in [1.807, 2.05) is 31.2 Å². The maximum Gasteiger partial charge on any atom is 0.226 e. The molecule has 0 aliphatic heterocycles. The van der Waals surface area contributed by atoms with E-state index < -0.39 is 6.04 Å². The highest BCUT2D eigenvalue weighted by atomic mass is 79.9. The Hall–Kier alpha value is -1.79. The summed E-state index contributed by atoms with van der Waals surface area (Å²) in [5.41, 5.74) is 7.99. The van der Waals surface area contributed by atoms with Gasteiger partial charge in [0.25, 0.3) is 0 Å². The Morgan fingerprint density at radius 2 is 2.20 bits per heavy atom. The molecule has 3 aromatic rings. The lowest BCUT2D eigenvalue weighted by Crippen LogP contribution is -2.14. The minimum atomic E-state index is -0.454. The third-order valence-electron chi connectivity index (χ3n) is 3.15. The number of aryl methyl sites for hydroxylation is 1. The monoisotopic (exact) mass is 332 g/mol. The molecular weight excluding hydrogens is 320 g/mol. The summed E-state index contributed by atoms with van der Waals surface area (Å²) in [5.74, 6) is 1.07. The highest BCUT2D eigenvalue weighted by Crippen LogP contribution is 2.29. The van der Waals surface area contributed by atoms with Crippen LogP contribution in [0.3, 0.4) is 0 Å². The Morgan fingerprint density at radius 1 is 1.35 bits per heavy atom. The summed E-state index contributed by atoms with van der Waals surface area (Å²) < 4.78 is 6.11. The van der Waals surface area contributed by atoms with Gasteiger partial charge in [0.2, 0.25) is 5.89 Å². The van der Waals surface area contributed by atoms with Gasteiger partial charge in [-0.15, -0.1) is 0 Å². The molecule has 2 aromatic heterocycles. The van der Waals surface area contributed by atoms with Crippen LogP contribution in [0.1, 0.15) is 30.2 Å². The Morgan fingerprint density at radius 3 is 2.95 bits per heavy atom. The number of aromatic nitrogens is 3. The number of rotatable bonds is 3. The van der Waals surface area contributed by atoms with Crippen molar-refractivity contribution in [2.75, 3.05) is 0 Å². The highest BCUT2D eigenvalue weighted by molar-refractivity contribution is 9.10. The van der Waals surface area contributed by atoms with Crippen molar-refractivity contribution in [2.24, 2.45) is 5.73 Å². The van der Waals surface area contributed by atoms with E-state index >= 15 is 0 Å². The second-order valence-electron chi connectivity index (χ2n) is 4.41. The van der Waals surface area contributed by atoms with Gasteiger partial charge >= 0.3 is 0 Å². The van der Waals surface area contributed by atoms with Crippen molar-refractivity contribution in [3.63, 3.8) is 0 Å². The zero-order valence-electron chi connectivity index (χ0n) is 10.9. The Balaban J connectivity index is 2.12. The first-order chi connectivity index (χ1) is 9.70. The van der Waals surface area contributed by atoms with Gasteiger partial charge < -0.3 is 10.3 Å². The quantitative estimate of drug-likeness (QED) is 0.797. The summed E-state index contributed by atoms with van der Waals surface area (Å²) in [6.45, 7) is 1.96. The van der Waals surface area contributed by atoms with Gasteiger partial charge in [0.1, 0.15) is 0 Å². The molecule has 0 spiro atoms. The molecule has 3 rings (SSSR count). The summed E-state index contributed by atoms with van der Waals surface area (Å²) in [7, 11) is 0. The third-order valence-corrected chi connectivity index (χ3v) is 3.84. The van der Waals surface area contributed by atoms with Crippen molar-refractivity contribution >= 4 is 26.8 Å². The first-order valence-corrected chi connectivity index (χ1v) is 7.11. The zero-order chi connectivity index (χ0) is 14.1. The van der Waals surface area contributed by atoms with Gasteiger partial charge in [-0.25, -0.2) is 0 Å². The number of fused-ring (bicyclic) bond motifs is 1. The largest absolute Gasteiger partial charge is 0.339 e. The molecule has 2 heterocycles. The molecule has 2 N–H and O–H groups in total. The lowest BCUT2D eigenvalue weighted by Gasteiger charge is -2.11. The van der Waals surface area contributed by atoms with E-state index in [-0.39, 0.29) is 0 Å². The number of benzene rings is 1. The SMILES string of the molecule is CCc1nc(C(N)c2ccc(Br)c3cccnc23)no1. The van der Waals surface area contributed by atoms with E-state index in [0.29, 0.717) is 18.1 Å². The summed E-state index contributed by atoms with van der Waals surface area (Å²) >= 11 is 3.52. The predicted octanol–water partition coefficient (Wildman–Crippen LogP) is 2.99. The van der Waals surface area contributed by atoms with Crippen LogP contribution in [0, 0.1) is 0 Å². The fourth-order valence-corrected chi connectivity index (χ4v) is 2.54. The molecule has 5 nitrogen and oxygen atoms in total. The molecule has 20 heavy (non-hydrogen) atoms. The number of halogens is 1. The zero-order valence-corrected chi connectivity index (χ0v) is 12.5. The summed E-state index contributed by atoms with van der Waals surface area (Å²) in [5, 5.41) is 4.96. The average Bonchev–Trinajstić information content (AvgIpc) is 2.96. The van der Waals surface area contributed by atoms with Crippen LogP contribution in [0.5, 0.6) is 0 Å². The normalized spacial score (nSPS) is 12.8. The molecule has 0 amide bonds. The van der Waals surface area contributed by atoms with E-state index in [1.165, 1.54) is 0 Å². The predicted molar refractivity (Wildman–Crippen MR) is 79.1 cm³/mol. The van der Waals surface area contributed by atoms with Crippen LogP contribution in [-0.4, -0.2) is 15.1 Å². The van der Waals surface area contributed by atoms with Crippen LogP contribution >= 0.6 is 15.9 Å². The molecule has 1 atom stereocenters. The molecule has 0 radical (unpaired) electrons. The maximum absolute atomic E-state index is 6.26. The van der Waals surface area contributed by atoms with Crippen molar-refractivity contribution in [1.29, 1.82) is 0 Å². The van der Waals surface area contributed by atoms with Crippen LogP contribution < -0.4 is 5.73 Å². The van der Waals surface area contributed by atoms with E-state index in [0.717, 1.165) is 20.9 Å². The van der Waals surface area contributed by atoms with E-state index in [9.17, 15) is 0 Å². The van der Waals surface area contributed by atoms with Crippen LogP contribution in [0.25, 0.3) is 10.9 Å². The van der Waals surface area contributed by atoms with Crippen molar-refractivity contribution in [1.82, 2.24) is 15.1 Å². The topological polar surface area (TPSA) is 77.8 Å². The first kappa shape index (κ1) is 13.2. The first-order valence-electron chi connectivity index (χ1n) is 6.32. The van der Waals surface area contributed by atoms with Crippen molar-refractivity contribution in [2.45, 2.75) is 19.4 Å². The number of hydrogen-bond acceptors (Lipinski definition) is 5. The van der Waals surface area contributed by atoms with Gasteiger partial charge in [0.05, 0.1) is 11.6 Å². The summed E-state index contributed by atoms with van der Waals surface area (Å²) in [4.78, 5) is 8.71. The minimum absolute atomic E-state index is 0.454. The highest BCUT2D eigenvalue weighted by Gasteiger charge is 2.19. The second kappa shape index (κ2) is 5.30. The lowest BCUT2D eigenvalue weighted by molar-refractivity contribution is 0.375. The fourth-order valence-electron chi connectivity index (χ4n) is 2.09. The third kappa shape index (κ3) is 2.21. The lowest BCUT2D eigenvalue weighted by atomic mass is 10.0. The van der Waals surface area contributed by atoms with Gasteiger partial charge in [-0.1, -0.05) is 40.1 Å². The van der Waals surface area contributed by atoms with Crippen LogP contribution in [0.15, 0.2) is 39.5 Å². The molecule has 0 aliphatic rings. The Kier molecular flexibility index (Phi) is 3.50. The second-order valence-corrected chi connectivity index (χ2v) is 5.27. The fraction of sp³-hybridized carbons (Fsp3) is 0.214. The molecule has 102 valence electrons. The number of nitrogens with zero attached hydrogens (tertiary/aromatic N) is 3. The van der Waals surface area contributed by atoms with Gasteiger partial charge in [0, 0.05) is 28.0 Å². The van der Waals surface area contributed by atoms with Crippen LogP contribution in [0.4, 0.5) is 0 Å². The van der Waals surface area contributed by atoms with Gasteiger partial charge in [0.15, 0.2) is 5.82 Å². The molecule has 0 saturated carbocycles. The van der Waals surface area contributed by atoms with Gasteiger partial charge in [-0.05, 0) is 12.1 Å². The average molecular weight is 333 g/mol. The number of nitrogens with two attached hydrogens (primary N) is 1. The molecule has 0 fully saturated rings. The van der Waals surface area contributed by atoms with E-state index in [1.54, 1.807) is 6.20 Å². The van der Waals surface area contributed by atoms with Crippen molar-refractivity contribution in [3.8, 4) is 0 Å². The maximum atomic E-state index is 6.26. The minimum Gasteiger partial charge on any atom is -0.339 e. The molecule has 0 saturated heterocycles. The molecule has 1 unspecified atom stereocenters. The van der Waals surface area contributed by atoms with Crippen LogP contribution in [-0.2, 0) is 6.42 Å². The molecule has 0 aliphatic carbocycles. The standard InChI is InChI=1S/C14H13BrN4O/c1-2-11-18-14(19-20-11)12(16)9-5-6-10(15)8-4-3-7-17-13(8)9/h3-7,12H,2,16H2,1H3. The Labute approximate surface area is 124 Å². The summed E-state index contributed by atoms with van der Waals surface area (Å²) in [6.07, 6.45) is 2.44. The molecule has 1 aromatic carbocycles. The number of pyridine rings is 1. The van der Waals surface area contributed by atoms with Crippen molar-refractivity contribution < 1.29 is 4.52 Å². The van der Waals surface area contributed by atoms with Gasteiger partial charge in [-0.3, -0.25) is 4.98 Å². The summed E-state index contributed by atoms with van der Waals surface area (Å²) in [6, 6.07) is 7.33. The smallest absolute Gasteiger partial charge is 0.226 e. The molecule has 0 bridgehead atoms. The van der Waals surface area contributed by atoms with Gasteiger partial charge in [-0.2, -0.15) is 4.98 Å². The Bertz CT molecular complexity index is 756. The molecule has 6 heteroatoms. The van der Waals surface area contributed by atoms with Crippen LogP contribution in [0.2, 0.25) is 0 Å².